The van der Waals surface area contributed by atoms with Crippen LogP contribution < -0.4 is 14.8 Å². The molecule has 1 aromatic heterocycles. The van der Waals surface area contributed by atoms with Crippen LogP contribution in [0.25, 0.3) is 10.1 Å². The van der Waals surface area contributed by atoms with E-state index >= 15 is 0 Å². The van der Waals surface area contributed by atoms with Crippen LogP contribution in [0.5, 0.6) is 11.5 Å². The van der Waals surface area contributed by atoms with Gasteiger partial charge >= 0.3 is 5.97 Å². The van der Waals surface area contributed by atoms with Gasteiger partial charge in [-0.1, -0.05) is 29.3 Å². The molecular formula is C20H15Cl2NO5S. The zero-order valence-corrected chi connectivity index (χ0v) is 17.5. The Hall–Kier alpha value is -2.48. The standard InChI is InChI=1S/C20H15Cl2NO5S/c1-10(19(24)23-12-3-5-14-15(9-12)27-7-6-26-14)28-20(25)18-17(22)13-4-2-11(21)8-16(13)29-18/h2-5,8-10H,6-7H2,1H3,(H,23,24)/t10-/m0/s1. The largest absolute Gasteiger partial charge is 0.486 e. The number of benzene rings is 2. The number of halogens is 2. The van der Waals surface area contributed by atoms with Crippen LogP contribution in [0, 0.1) is 0 Å². The minimum absolute atomic E-state index is 0.225. The molecule has 0 unspecified atom stereocenters. The first-order chi connectivity index (χ1) is 13.9. The number of ether oxygens (including phenoxy) is 3. The molecule has 9 heteroatoms. The third-order valence-electron chi connectivity index (χ3n) is 4.24. The van der Waals surface area contributed by atoms with Gasteiger partial charge in [0.15, 0.2) is 17.6 Å². The molecule has 150 valence electrons. The fourth-order valence-electron chi connectivity index (χ4n) is 2.80. The highest BCUT2D eigenvalue weighted by molar-refractivity contribution is 7.21. The maximum absolute atomic E-state index is 12.5. The molecule has 1 N–H and O–H groups in total. The van der Waals surface area contributed by atoms with E-state index in [1.165, 1.54) is 18.3 Å². The molecule has 1 amide bonds. The van der Waals surface area contributed by atoms with E-state index in [4.69, 9.17) is 37.4 Å². The zero-order valence-electron chi connectivity index (χ0n) is 15.2. The number of fused-ring (bicyclic) bond motifs is 2. The van der Waals surface area contributed by atoms with E-state index in [2.05, 4.69) is 5.32 Å². The first kappa shape index (κ1) is 19.8. The van der Waals surface area contributed by atoms with Crippen LogP contribution in [0.15, 0.2) is 36.4 Å². The van der Waals surface area contributed by atoms with Crippen molar-refractivity contribution >= 4 is 62.2 Å². The second-order valence-corrected chi connectivity index (χ2v) is 8.15. The SMILES string of the molecule is C[C@H](OC(=O)c1sc2cc(Cl)ccc2c1Cl)C(=O)Nc1ccc2c(c1)OCCO2. The number of anilines is 1. The van der Waals surface area contributed by atoms with Gasteiger partial charge in [-0.3, -0.25) is 4.79 Å². The predicted molar refractivity (Wildman–Crippen MR) is 113 cm³/mol. The Bertz CT molecular complexity index is 1110. The molecule has 0 radical (unpaired) electrons. The van der Waals surface area contributed by atoms with Crippen molar-refractivity contribution in [2.24, 2.45) is 0 Å². The summed E-state index contributed by atoms with van der Waals surface area (Å²) >= 11 is 13.5. The topological polar surface area (TPSA) is 73.9 Å². The van der Waals surface area contributed by atoms with E-state index in [1.54, 1.807) is 36.4 Å². The summed E-state index contributed by atoms with van der Waals surface area (Å²) < 4.78 is 17.0. The lowest BCUT2D eigenvalue weighted by atomic mass is 10.2. The monoisotopic (exact) mass is 451 g/mol. The first-order valence-corrected chi connectivity index (χ1v) is 10.3. The molecule has 0 aliphatic carbocycles. The molecular weight excluding hydrogens is 437 g/mol. The molecule has 0 saturated carbocycles. The van der Waals surface area contributed by atoms with Crippen LogP contribution in [0.3, 0.4) is 0 Å². The molecule has 3 aromatic rings. The van der Waals surface area contributed by atoms with Gasteiger partial charge in [-0.15, -0.1) is 11.3 Å². The normalized spacial score (nSPS) is 13.8. The molecule has 6 nitrogen and oxygen atoms in total. The van der Waals surface area contributed by atoms with E-state index in [1.807, 2.05) is 0 Å². The second kappa shape index (κ2) is 8.10. The molecule has 1 atom stereocenters. The van der Waals surface area contributed by atoms with Crippen LogP contribution in [-0.4, -0.2) is 31.2 Å². The van der Waals surface area contributed by atoms with Crippen LogP contribution in [0.2, 0.25) is 10.0 Å². The van der Waals surface area contributed by atoms with Gasteiger partial charge in [-0.2, -0.15) is 0 Å². The highest BCUT2D eigenvalue weighted by Gasteiger charge is 2.24. The number of amides is 1. The van der Waals surface area contributed by atoms with E-state index in [0.717, 1.165) is 4.70 Å². The number of hydrogen-bond acceptors (Lipinski definition) is 6. The van der Waals surface area contributed by atoms with E-state index in [0.29, 0.717) is 40.8 Å². The van der Waals surface area contributed by atoms with Gasteiger partial charge in [0, 0.05) is 26.9 Å². The van der Waals surface area contributed by atoms with Crippen molar-refractivity contribution in [3.63, 3.8) is 0 Å². The van der Waals surface area contributed by atoms with Gasteiger partial charge in [0.1, 0.15) is 18.1 Å². The van der Waals surface area contributed by atoms with Gasteiger partial charge in [0.05, 0.1) is 5.02 Å². The van der Waals surface area contributed by atoms with Crippen molar-refractivity contribution in [2.45, 2.75) is 13.0 Å². The lowest BCUT2D eigenvalue weighted by Gasteiger charge is -2.19. The number of carbonyl (C=O) groups is 2. The average molecular weight is 452 g/mol. The Morgan fingerprint density at radius 3 is 2.66 bits per heavy atom. The Kier molecular flexibility index (Phi) is 5.54. The molecule has 1 aliphatic heterocycles. The Morgan fingerprint density at radius 1 is 1.10 bits per heavy atom. The number of carbonyl (C=O) groups excluding carboxylic acids is 2. The van der Waals surface area contributed by atoms with Crippen molar-refractivity contribution in [1.82, 2.24) is 0 Å². The van der Waals surface area contributed by atoms with Crippen LogP contribution >= 0.6 is 34.5 Å². The van der Waals surface area contributed by atoms with Gasteiger partial charge in [-0.05, 0) is 31.2 Å². The molecule has 29 heavy (non-hydrogen) atoms. The lowest BCUT2D eigenvalue weighted by Crippen LogP contribution is -2.30. The summed E-state index contributed by atoms with van der Waals surface area (Å²) in [6.07, 6.45) is -1.03. The van der Waals surface area contributed by atoms with Gasteiger partial charge < -0.3 is 19.5 Å². The maximum atomic E-state index is 12.5. The number of rotatable bonds is 4. The Balaban J connectivity index is 1.44. The smallest absolute Gasteiger partial charge is 0.350 e. The van der Waals surface area contributed by atoms with Crippen molar-refractivity contribution in [3.05, 3.63) is 51.3 Å². The van der Waals surface area contributed by atoms with Crippen molar-refractivity contribution in [3.8, 4) is 11.5 Å². The molecule has 1 aliphatic rings. The second-order valence-electron chi connectivity index (χ2n) is 6.28. The van der Waals surface area contributed by atoms with Crippen LogP contribution in [-0.2, 0) is 9.53 Å². The summed E-state index contributed by atoms with van der Waals surface area (Å²) in [5.74, 6) is 0.0232. The summed E-state index contributed by atoms with van der Waals surface area (Å²) in [7, 11) is 0. The third kappa shape index (κ3) is 4.12. The van der Waals surface area contributed by atoms with Gasteiger partial charge in [0.25, 0.3) is 5.91 Å². The third-order valence-corrected chi connectivity index (χ3v) is 6.11. The fraction of sp³-hybridized carbons (Fsp3) is 0.200. The van der Waals surface area contributed by atoms with Crippen LogP contribution in [0.1, 0.15) is 16.6 Å². The predicted octanol–water partition coefficient (Wildman–Crippen LogP) is 5.16. The molecule has 4 rings (SSSR count). The summed E-state index contributed by atoms with van der Waals surface area (Å²) in [6.45, 7) is 2.42. The Morgan fingerprint density at radius 2 is 1.86 bits per heavy atom. The van der Waals surface area contributed by atoms with Crippen LogP contribution in [0.4, 0.5) is 5.69 Å². The fourth-order valence-corrected chi connectivity index (χ4v) is 4.47. The molecule has 0 fully saturated rings. The van der Waals surface area contributed by atoms with E-state index < -0.39 is 18.0 Å². The lowest BCUT2D eigenvalue weighted by molar-refractivity contribution is -0.123. The van der Waals surface area contributed by atoms with Crippen molar-refractivity contribution < 1.29 is 23.8 Å². The molecule has 0 spiro atoms. The Labute approximate surface area is 180 Å². The maximum Gasteiger partial charge on any atom is 0.350 e. The van der Waals surface area contributed by atoms with Crippen molar-refractivity contribution in [2.75, 3.05) is 18.5 Å². The summed E-state index contributed by atoms with van der Waals surface area (Å²) in [5, 5.41) is 4.24. The summed E-state index contributed by atoms with van der Waals surface area (Å²) in [6, 6.07) is 10.2. The zero-order chi connectivity index (χ0) is 20.5. The summed E-state index contributed by atoms with van der Waals surface area (Å²) in [5.41, 5.74) is 0.511. The van der Waals surface area contributed by atoms with E-state index in [-0.39, 0.29) is 9.90 Å². The van der Waals surface area contributed by atoms with E-state index in [9.17, 15) is 9.59 Å². The average Bonchev–Trinajstić information content (AvgIpc) is 3.03. The number of thiophene rings is 1. The number of hydrogen-bond donors (Lipinski definition) is 1. The summed E-state index contributed by atoms with van der Waals surface area (Å²) in [4.78, 5) is 25.2. The molecule has 2 heterocycles. The minimum atomic E-state index is -1.03. The molecule has 2 aromatic carbocycles. The quantitative estimate of drug-likeness (QED) is 0.554. The minimum Gasteiger partial charge on any atom is -0.486 e. The van der Waals surface area contributed by atoms with Gasteiger partial charge in [-0.25, -0.2) is 4.79 Å². The first-order valence-electron chi connectivity index (χ1n) is 8.71. The molecule has 0 bridgehead atoms. The van der Waals surface area contributed by atoms with Crippen molar-refractivity contribution in [1.29, 1.82) is 0 Å². The highest BCUT2D eigenvalue weighted by Crippen LogP contribution is 2.37. The number of esters is 1. The molecule has 0 saturated heterocycles. The highest BCUT2D eigenvalue weighted by atomic mass is 35.5. The van der Waals surface area contributed by atoms with Gasteiger partial charge in [0.2, 0.25) is 0 Å². The number of nitrogens with one attached hydrogen (secondary N) is 1.